The lowest BCUT2D eigenvalue weighted by Gasteiger charge is -2.14. The van der Waals surface area contributed by atoms with Crippen molar-refractivity contribution >= 4 is 26.5 Å². The molecule has 0 saturated carbocycles. The molecule has 8 heteroatoms. The summed E-state index contributed by atoms with van der Waals surface area (Å²) in [7, 11) is -1.60. The van der Waals surface area contributed by atoms with Crippen LogP contribution in [0.15, 0.2) is 34.7 Å². The SMILES string of the molecule is CCN(C)Cc1cccc(CNc2ncc(S(N)(=O)=O)s2)c1. The van der Waals surface area contributed by atoms with Gasteiger partial charge in [-0.2, -0.15) is 0 Å². The van der Waals surface area contributed by atoms with Gasteiger partial charge in [-0.3, -0.25) is 0 Å². The minimum absolute atomic E-state index is 0.0633. The number of hydrogen-bond donors (Lipinski definition) is 2. The maximum atomic E-state index is 11.2. The van der Waals surface area contributed by atoms with Gasteiger partial charge in [-0.1, -0.05) is 42.5 Å². The Labute approximate surface area is 135 Å². The van der Waals surface area contributed by atoms with Gasteiger partial charge in [-0.05, 0) is 24.7 Å². The molecule has 120 valence electrons. The maximum Gasteiger partial charge on any atom is 0.249 e. The summed E-state index contributed by atoms with van der Waals surface area (Å²) in [5, 5.41) is 8.73. The highest BCUT2D eigenvalue weighted by molar-refractivity contribution is 7.91. The van der Waals surface area contributed by atoms with Gasteiger partial charge in [0.25, 0.3) is 0 Å². The molecule has 22 heavy (non-hydrogen) atoms. The fourth-order valence-corrected chi connectivity index (χ4v) is 3.36. The fourth-order valence-electron chi connectivity index (χ4n) is 1.91. The lowest BCUT2D eigenvalue weighted by molar-refractivity contribution is 0.345. The lowest BCUT2D eigenvalue weighted by Crippen LogP contribution is -2.16. The zero-order valence-corrected chi connectivity index (χ0v) is 14.2. The van der Waals surface area contributed by atoms with Crippen molar-refractivity contribution in [2.75, 3.05) is 18.9 Å². The third kappa shape index (κ3) is 4.77. The Morgan fingerprint density at radius 2 is 2.09 bits per heavy atom. The number of nitrogens with one attached hydrogen (secondary N) is 1. The molecule has 2 rings (SSSR count). The summed E-state index contributed by atoms with van der Waals surface area (Å²) in [6, 6.07) is 8.27. The number of anilines is 1. The van der Waals surface area contributed by atoms with Gasteiger partial charge in [-0.15, -0.1) is 0 Å². The molecule has 0 unspecified atom stereocenters. The van der Waals surface area contributed by atoms with Crippen molar-refractivity contribution in [3.05, 3.63) is 41.6 Å². The Bertz CT molecular complexity index is 728. The number of rotatable bonds is 7. The second-order valence-corrected chi connectivity index (χ2v) is 7.85. The predicted octanol–water partition coefficient (Wildman–Crippen LogP) is 1.85. The Kier molecular flexibility index (Phi) is 5.52. The number of hydrogen-bond acceptors (Lipinski definition) is 6. The highest BCUT2D eigenvalue weighted by atomic mass is 32.2. The lowest BCUT2D eigenvalue weighted by atomic mass is 10.1. The molecule has 1 aromatic heterocycles. The number of thiazole rings is 1. The summed E-state index contributed by atoms with van der Waals surface area (Å²) < 4.78 is 22.5. The number of aromatic nitrogens is 1. The Morgan fingerprint density at radius 1 is 1.36 bits per heavy atom. The number of primary sulfonamides is 1. The summed E-state index contributed by atoms with van der Waals surface area (Å²) in [5.41, 5.74) is 2.36. The number of nitrogens with zero attached hydrogens (tertiary/aromatic N) is 2. The largest absolute Gasteiger partial charge is 0.357 e. The molecule has 6 nitrogen and oxygen atoms in total. The zero-order chi connectivity index (χ0) is 16.2. The van der Waals surface area contributed by atoms with Crippen LogP contribution in [0.25, 0.3) is 0 Å². The first-order chi connectivity index (χ1) is 10.4. The standard InChI is InChI=1S/C14H20N4O2S2/c1-3-18(2)10-12-6-4-5-11(7-12)8-16-14-17-9-13(21-14)22(15,19)20/h4-7,9H,3,8,10H2,1-2H3,(H,16,17)(H2,15,19,20). The van der Waals surface area contributed by atoms with Crippen LogP contribution in [0.1, 0.15) is 18.1 Å². The molecule has 0 aliphatic rings. The molecule has 0 spiro atoms. The van der Waals surface area contributed by atoms with E-state index in [0.29, 0.717) is 11.7 Å². The molecule has 0 amide bonds. The van der Waals surface area contributed by atoms with Crippen molar-refractivity contribution in [1.29, 1.82) is 0 Å². The van der Waals surface area contributed by atoms with E-state index in [1.165, 1.54) is 11.8 Å². The van der Waals surface area contributed by atoms with Gasteiger partial charge in [0.15, 0.2) is 9.34 Å². The summed E-state index contributed by atoms with van der Waals surface area (Å²) in [6.45, 7) is 4.60. The highest BCUT2D eigenvalue weighted by Gasteiger charge is 2.12. The zero-order valence-electron chi connectivity index (χ0n) is 12.6. The van der Waals surface area contributed by atoms with Crippen molar-refractivity contribution in [2.24, 2.45) is 5.14 Å². The van der Waals surface area contributed by atoms with E-state index in [2.05, 4.69) is 41.3 Å². The smallest absolute Gasteiger partial charge is 0.249 e. The first-order valence-electron chi connectivity index (χ1n) is 6.87. The van der Waals surface area contributed by atoms with E-state index in [0.717, 1.165) is 30.0 Å². The van der Waals surface area contributed by atoms with Crippen LogP contribution >= 0.6 is 11.3 Å². The van der Waals surface area contributed by atoms with Crippen molar-refractivity contribution < 1.29 is 8.42 Å². The first-order valence-corrected chi connectivity index (χ1v) is 9.23. The topological polar surface area (TPSA) is 88.3 Å². The summed E-state index contributed by atoms with van der Waals surface area (Å²) >= 11 is 1.03. The first kappa shape index (κ1) is 16.9. The van der Waals surface area contributed by atoms with Gasteiger partial charge in [0.05, 0.1) is 6.20 Å². The van der Waals surface area contributed by atoms with E-state index in [4.69, 9.17) is 5.14 Å². The van der Waals surface area contributed by atoms with Crippen LogP contribution in [-0.2, 0) is 23.1 Å². The molecule has 0 bridgehead atoms. The van der Waals surface area contributed by atoms with Crippen molar-refractivity contribution in [3.63, 3.8) is 0 Å². The molecular formula is C14H20N4O2S2. The van der Waals surface area contributed by atoms with Crippen LogP contribution in [0.3, 0.4) is 0 Å². The number of sulfonamides is 1. The third-order valence-electron chi connectivity index (χ3n) is 3.19. The van der Waals surface area contributed by atoms with E-state index in [1.54, 1.807) is 0 Å². The number of benzene rings is 1. The van der Waals surface area contributed by atoms with Crippen LogP contribution in [0.4, 0.5) is 5.13 Å². The van der Waals surface area contributed by atoms with Crippen LogP contribution in [-0.4, -0.2) is 31.9 Å². The van der Waals surface area contributed by atoms with Crippen LogP contribution in [0.5, 0.6) is 0 Å². The second-order valence-electron chi connectivity index (χ2n) is 5.03. The van der Waals surface area contributed by atoms with Gasteiger partial charge in [0.1, 0.15) is 0 Å². The molecule has 0 atom stereocenters. The molecule has 0 fully saturated rings. The van der Waals surface area contributed by atoms with Crippen molar-refractivity contribution in [2.45, 2.75) is 24.2 Å². The molecular weight excluding hydrogens is 320 g/mol. The Hall–Kier alpha value is -1.48. The van der Waals surface area contributed by atoms with Crippen LogP contribution in [0.2, 0.25) is 0 Å². The normalized spacial score (nSPS) is 11.8. The average molecular weight is 340 g/mol. The molecule has 0 aliphatic heterocycles. The van der Waals surface area contributed by atoms with Gasteiger partial charge in [-0.25, -0.2) is 18.5 Å². The Balaban J connectivity index is 1.99. The number of nitrogens with two attached hydrogens (primary N) is 1. The van der Waals surface area contributed by atoms with Gasteiger partial charge in [0, 0.05) is 13.1 Å². The quantitative estimate of drug-likeness (QED) is 0.803. The van der Waals surface area contributed by atoms with E-state index in [-0.39, 0.29) is 4.21 Å². The fraction of sp³-hybridized carbons (Fsp3) is 0.357. The van der Waals surface area contributed by atoms with Crippen LogP contribution < -0.4 is 10.5 Å². The highest BCUT2D eigenvalue weighted by Crippen LogP contribution is 2.22. The minimum atomic E-state index is -3.68. The summed E-state index contributed by atoms with van der Waals surface area (Å²) in [5.74, 6) is 0. The molecule has 2 aromatic rings. The monoisotopic (exact) mass is 340 g/mol. The van der Waals surface area contributed by atoms with E-state index in [9.17, 15) is 8.42 Å². The summed E-state index contributed by atoms with van der Waals surface area (Å²) in [6.07, 6.45) is 1.27. The predicted molar refractivity (Wildman–Crippen MR) is 89.3 cm³/mol. The van der Waals surface area contributed by atoms with Crippen molar-refractivity contribution in [3.8, 4) is 0 Å². The molecule has 0 aliphatic carbocycles. The second kappa shape index (κ2) is 7.19. The molecule has 0 radical (unpaired) electrons. The van der Waals surface area contributed by atoms with Gasteiger partial charge >= 0.3 is 0 Å². The summed E-state index contributed by atoms with van der Waals surface area (Å²) in [4.78, 5) is 6.25. The third-order valence-corrected chi connectivity index (χ3v) is 5.56. The van der Waals surface area contributed by atoms with Gasteiger partial charge < -0.3 is 10.2 Å². The van der Waals surface area contributed by atoms with E-state index >= 15 is 0 Å². The molecule has 0 saturated heterocycles. The van der Waals surface area contributed by atoms with Gasteiger partial charge in [0.2, 0.25) is 10.0 Å². The van der Waals surface area contributed by atoms with E-state index < -0.39 is 10.0 Å². The minimum Gasteiger partial charge on any atom is -0.357 e. The average Bonchev–Trinajstić information content (AvgIpc) is 2.94. The molecule has 1 heterocycles. The molecule has 3 N–H and O–H groups in total. The Morgan fingerprint density at radius 3 is 2.73 bits per heavy atom. The van der Waals surface area contributed by atoms with Crippen molar-refractivity contribution in [1.82, 2.24) is 9.88 Å². The van der Waals surface area contributed by atoms with Crippen LogP contribution in [0, 0.1) is 0 Å². The molecule has 1 aromatic carbocycles. The van der Waals surface area contributed by atoms with E-state index in [1.807, 2.05) is 12.1 Å². The maximum absolute atomic E-state index is 11.2.